The van der Waals surface area contributed by atoms with Crippen LogP contribution in [0, 0.1) is 13.8 Å². The lowest BCUT2D eigenvalue weighted by atomic mass is 10.1. The summed E-state index contributed by atoms with van der Waals surface area (Å²) in [5.74, 6) is 0.689. The second kappa shape index (κ2) is 3.81. The number of fused-ring (bicyclic) bond motifs is 1. The first-order valence-electron chi connectivity index (χ1n) is 4.74. The number of benzene rings is 1. The summed E-state index contributed by atoms with van der Waals surface area (Å²) in [5, 5.41) is 2.19. The molecule has 0 aliphatic heterocycles. The minimum atomic E-state index is 0.689. The molecular formula is C12H12BrNO. The molecule has 0 saturated carbocycles. The molecule has 0 radical (unpaired) electrons. The molecule has 0 atom stereocenters. The maximum absolute atomic E-state index is 5.29. The van der Waals surface area contributed by atoms with Gasteiger partial charge in [-0.05, 0) is 35.8 Å². The molecule has 0 aliphatic rings. The smallest absolute Gasteiger partial charge is 0.221 e. The fraction of sp³-hybridized carbons (Fsp3) is 0.250. The third-order valence-electron chi connectivity index (χ3n) is 2.42. The molecule has 3 heteroatoms. The van der Waals surface area contributed by atoms with E-state index in [0.29, 0.717) is 5.88 Å². The Balaban J connectivity index is 2.90. The maximum atomic E-state index is 5.29. The first-order chi connectivity index (χ1) is 7.13. The Morgan fingerprint density at radius 3 is 2.60 bits per heavy atom. The maximum Gasteiger partial charge on any atom is 0.221 e. The van der Waals surface area contributed by atoms with Crippen molar-refractivity contribution in [3.8, 4) is 5.88 Å². The number of aryl methyl sites for hydroxylation is 2. The molecule has 2 rings (SSSR count). The normalized spacial score (nSPS) is 10.7. The summed E-state index contributed by atoms with van der Waals surface area (Å²) in [7, 11) is 1.65. The van der Waals surface area contributed by atoms with E-state index in [1.807, 2.05) is 6.92 Å². The molecule has 0 unspecified atom stereocenters. The van der Waals surface area contributed by atoms with Gasteiger partial charge in [-0.1, -0.05) is 17.7 Å². The predicted octanol–water partition coefficient (Wildman–Crippen LogP) is 3.62. The van der Waals surface area contributed by atoms with Crippen LogP contribution < -0.4 is 4.74 Å². The van der Waals surface area contributed by atoms with Gasteiger partial charge in [0.25, 0.3) is 0 Å². The number of hydrogen-bond acceptors (Lipinski definition) is 2. The van der Waals surface area contributed by atoms with E-state index in [1.54, 1.807) is 7.11 Å². The van der Waals surface area contributed by atoms with Crippen molar-refractivity contribution in [2.24, 2.45) is 0 Å². The van der Waals surface area contributed by atoms with Crippen molar-refractivity contribution in [1.29, 1.82) is 0 Å². The van der Waals surface area contributed by atoms with Gasteiger partial charge >= 0.3 is 0 Å². The molecule has 2 nitrogen and oxygen atoms in total. The Kier molecular flexibility index (Phi) is 2.65. The van der Waals surface area contributed by atoms with E-state index >= 15 is 0 Å². The third kappa shape index (κ3) is 1.72. The number of aromatic nitrogens is 1. The minimum Gasteiger partial charge on any atom is -0.481 e. The van der Waals surface area contributed by atoms with Crippen LogP contribution in [0.25, 0.3) is 10.8 Å². The molecule has 0 N–H and O–H groups in total. The van der Waals surface area contributed by atoms with Crippen molar-refractivity contribution in [2.45, 2.75) is 13.8 Å². The van der Waals surface area contributed by atoms with Crippen LogP contribution in [0.1, 0.15) is 11.3 Å². The van der Waals surface area contributed by atoms with Crippen LogP contribution >= 0.6 is 15.9 Å². The largest absolute Gasteiger partial charge is 0.481 e. The Morgan fingerprint density at radius 1 is 1.20 bits per heavy atom. The predicted molar refractivity (Wildman–Crippen MR) is 65.5 cm³/mol. The summed E-state index contributed by atoms with van der Waals surface area (Å²) < 4.78 is 6.33. The highest BCUT2D eigenvalue weighted by molar-refractivity contribution is 9.10. The van der Waals surface area contributed by atoms with E-state index in [1.165, 1.54) is 5.56 Å². The Bertz CT molecular complexity index is 523. The van der Waals surface area contributed by atoms with Crippen molar-refractivity contribution in [3.05, 3.63) is 33.9 Å². The van der Waals surface area contributed by atoms with Gasteiger partial charge in [0.15, 0.2) is 0 Å². The first-order valence-corrected chi connectivity index (χ1v) is 5.53. The Labute approximate surface area is 97.4 Å². The minimum absolute atomic E-state index is 0.689. The van der Waals surface area contributed by atoms with Gasteiger partial charge in [-0.25, -0.2) is 4.98 Å². The second-order valence-corrected chi connectivity index (χ2v) is 4.36. The van der Waals surface area contributed by atoms with Crippen molar-refractivity contribution in [1.82, 2.24) is 4.98 Å². The van der Waals surface area contributed by atoms with Crippen LogP contribution in [0.5, 0.6) is 5.88 Å². The molecule has 2 aromatic rings. The topological polar surface area (TPSA) is 22.1 Å². The summed E-state index contributed by atoms with van der Waals surface area (Å²) in [5.41, 5.74) is 2.15. The molecule has 78 valence electrons. The zero-order valence-corrected chi connectivity index (χ0v) is 10.6. The zero-order valence-electron chi connectivity index (χ0n) is 8.97. The zero-order chi connectivity index (χ0) is 11.0. The standard InChI is InChI=1S/C12H12BrNO/c1-7-4-5-9-10(6-7)12(15-3)14-8(2)11(9)13/h4-6H,1-3H3. The molecular weight excluding hydrogens is 254 g/mol. The average Bonchev–Trinajstić information content (AvgIpc) is 2.23. The third-order valence-corrected chi connectivity index (χ3v) is 3.42. The quantitative estimate of drug-likeness (QED) is 0.786. The molecule has 15 heavy (non-hydrogen) atoms. The van der Waals surface area contributed by atoms with Crippen molar-refractivity contribution in [3.63, 3.8) is 0 Å². The summed E-state index contributed by atoms with van der Waals surface area (Å²) in [4.78, 5) is 4.39. The number of ether oxygens (including phenoxy) is 1. The van der Waals surface area contributed by atoms with E-state index in [-0.39, 0.29) is 0 Å². The van der Waals surface area contributed by atoms with Crippen LogP contribution in [-0.2, 0) is 0 Å². The SMILES string of the molecule is COc1nc(C)c(Br)c2ccc(C)cc12. The molecule has 1 aromatic heterocycles. The van der Waals surface area contributed by atoms with E-state index in [2.05, 4.69) is 46.0 Å². The van der Waals surface area contributed by atoms with Crippen molar-refractivity contribution in [2.75, 3.05) is 7.11 Å². The molecule has 0 bridgehead atoms. The van der Waals surface area contributed by atoms with Crippen molar-refractivity contribution < 1.29 is 4.74 Å². The molecule has 0 spiro atoms. The van der Waals surface area contributed by atoms with Gasteiger partial charge < -0.3 is 4.74 Å². The van der Waals surface area contributed by atoms with Crippen molar-refractivity contribution >= 4 is 26.7 Å². The lowest BCUT2D eigenvalue weighted by molar-refractivity contribution is 0.402. The van der Waals surface area contributed by atoms with E-state index in [0.717, 1.165) is 20.9 Å². The van der Waals surface area contributed by atoms with Crippen LogP contribution in [0.4, 0.5) is 0 Å². The summed E-state index contributed by atoms with van der Waals surface area (Å²) in [6.45, 7) is 4.03. The van der Waals surface area contributed by atoms with Gasteiger partial charge in [-0.2, -0.15) is 0 Å². The fourth-order valence-electron chi connectivity index (χ4n) is 1.64. The van der Waals surface area contributed by atoms with Gasteiger partial charge in [-0.3, -0.25) is 0 Å². The van der Waals surface area contributed by atoms with Gasteiger partial charge in [-0.15, -0.1) is 0 Å². The molecule has 0 aliphatic carbocycles. The highest BCUT2D eigenvalue weighted by atomic mass is 79.9. The van der Waals surface area contributed by atoms with E-state index in [9.17, 15) is 0 Å². The van der Waals surface area contributed by atoms with Gasteiger partial charge in [0.2, 0.25) is 5.88 Å². The number of nitrogens with zero attached hydrogens (tertiary/aromatic N) is 1. The van der Waals surface area contributed by atoms with Crippen LogP contribution in [-0.4, -0.2) is 12.1 Å². The molecule has 0 saturated heterocycles. The molecule has 0 fully saturated rings. The van der Waals surface area contributed by atoms with Gasteiger partial charge in [0, 0.05) is 15.2 Å². The molecule has 0 amide bonds. The van der Waals surface area contributed by atoms with Crippen LogP contribution in [0.15, 0.2) is 22.7 Å². The summed E-state index contributed by atoms with van der Waals surface area (Å²) in [6, 6.07) is 6.27. The van der Waals surface area contributed by atoms with Gasteiger partial charge in [0.1, 0.15) is 0 Å². The number of halogens is 1. The highest BCUT2D eigenvalue weighted by Crippen LogP contribution is 2.32. The lowest BCUT2D eigenvalue weighted by Crippen LogP contribution is -1.93. The lowest BCUT2D eigenvalue weighted by Gasteiger charge is -2.09. The van der Waals surface area contributed by atoms with Crippen LogP contribution in [0.3, 0.4) is 0 Å². The number of rotatable bonds is 1. The highest BCUT2D eigenvalue weighted by Gasteiger charge is 2.09. The molecule has 1 heterocycles. The first kappa shape index (κ1) is 10.4. The van der Waals surface area contributed by atoms with E-state index < -0.39 is 0 Å². The van der Waals surface area contributed by atoms with E-state index in [4.69, 9.17) is 4.74 Å². The monoisotopic (exact) mass is 265 g/mol. The average molecular weight is 266 g/mol. The Morgan fingerprint density at radius 2 is 1.93 bits per heavy atom. The fourth-order valence-corrected chi connectivity index (χ4v) is 2.07. The number of methoxy groups -OCH3 is 1. The van der Waals surface area contributed by atoms with Crippen LogP contribution in [0.2, 0.25) is 0 Å². The number of hydrogen-bond donors (Lipinski definition) is 0. The number of pyridine rings is 1. The van der Waals surface area contributed by atoms with Gasteiger partial charge in [0.05, 0.1) is 12.8 Å². The molecule has 1 aromatic carbocycles. The Hall–Kier alpha value is -1.09. The summed E-state index contributed by atoms with van der Waals surface area (Å²) >= 11 is 3.55. The summed E-state index contributed by atoms with van der Waals surface area (Å²) in [6.07, 6.45) is 0. The second-order valence-electron chi connectivity index (χ2n) is 3.57.